The van der Waals surface area contributed by atoms with Crippen LogP contribution < -0.4 is 9.80 Å². The first kappa shape index (κ1) is 15.0. The van der Waals surface area contributed by atoms with E-state index < -0.39 is 17.7 Å². The first-order valence-corrected chi connectivity index (χ1v) is 7.63. The summed E-state index contributed by atoms with van der Waals surface area (Å²) in [5.41, 5.74) is 1.21. The van der Waals surface area contributed by atoms with Gasteiger partial charge in [0, 0.05) is 34.6 Å². The van der Waals surface area contributed by atoms with Crippen LogP contribution in [0.4, 0.5) is 11.4 Å². The standard InChI is InChI=1S/C19H12N2O4/c1-11-10-18(24)21(19(11)25)15-7-3-4-12-13(15)5-2-6-14(12)20-16(22)8-9-17(20)23/h2-10H,1H3. The molecule has 4 amide bonds. The minimum atomic E-state index is -0.422. The van der Waals surface area contributed by atoms with Crippen LogP contribution in [0, 0.1) is 0 Å². The zero-order chi connectivity index (χ0) is 17.7. The minimum Gasteiger partial charge on any atom is -0.269 e. The van der Waals surface area contributed by atoms with Gasteiger partial charge in [-0.3, -0.25) is 19.2 Å². The Morgan fingerprint density at radius 2 is 1.20 bits per heavy atom. The third-order valence-corrected chi connectivity index (χ3v) is 4.27. The summed E-state index contributed by atoms with van der Waals surface area (Å²) in [6.07, 6.45) is 3.72. The van der Waals surface area contributed by atoms with Gasteiger partial charge in [0.1, 0.15) is 0 Å². The number of hydrogen-bond donors (Lipinski definition) is 0. The van der Waals surface area contributed by atoms with Crippen LogP contribution in [0.1, 0.15) is 6.92 Å². The fourth-order valence-corrected chi connectivity index (χ4v) is 3.12. The molecule has 2 aromatic rings. The Hall–Kier alpha value is -3.54. The van der Waals surface area contributed by atoms with Crippen LogP contribution in [-0.2, 0) is 19.2 Å². The fraction of sp³-hybridized carbons (Fsp3) is 0.0526. The van der Waals surface area contributed by atoms with Crippen LogP contribution in [0.25, 0.3) is 10.8 Å². The first-order valence-electron chi connectivity index (χ1n) is 7.63. The summed E-state index contributed by atoms with van der Waals surface area (Å²) in [6.45, 7) is 1.59. The van der Waals surface area contributed by atoms with Gasteiger partial charge in [0.2, 0.25) is 0 Å². The number of hydrogen-bond acceptors (Lipinski definition) is 4. The molecule has 6 nitrogen and oxygen atoms in total. The smallest absolute Gasteiger partial charge is 0.261 e. The van der Waals surface area contributed by atoms with Gasteiger partial charge in [0.25, 0.3) is 23.6 Å². The van der Waals surface area contributed by atoms with E-state index in [1.807, 2.05) is 0 Å². The molecule has 0 aliphatic carbocycles. The maximum atomic E-state index is 12.3. The van der Waals surface area contributed by atoms with Crippen molar-refractivity contribution in [2.45, 2.75) is 6.92 Å². The van der Waals surface area contributed by atoms with Gasteiger partial charge in [-0.2, -0.15) is 0 Å². The number of imide groups is 2. The molecule has 0 N–H and O–H groups in total. The Morgan fingerprint density at radius 1 is 0.680 bits per heavy atom. The van der Waals surface area contributed by atoms with Crippen LogP contribution in [0.3, 0.4) is 0 Å². The summed E-state index contributed by atoms with van der Waals surface area (Å²) >= 11 is 0. The monoisotopic (exact) mass is 332 g/mol. The summed E-state index contributed by atoms with van der Waals surface area (Å²) in [5, 5.41) is 1.22. The predicted octanol–water partition coefficient (Wildman–Crippen LogP) is 2.09. The average Bonchev–Trinajstić information content (AvgIpc) is 3.05. The maximum absolute atomic E-state index is 12.3. The molecule has 0 saturated heterocycles. The van der Waals surface area contributed by atoms with E-state index in [-0.39, 0.29) is 5.91 Å². The zero-order valence-corrected chi connectivity index (χ0v) is 13.2. The van der Waals surface area contributed by atoms with Crippen molar-refractivity contribution < 1.29 is 19.2 Å². The molecular formula is C19H12N2O4. The molecule has 6 heteroatoms. The highest BCUT2D eigenvalue weighted by Crippen LogP contribution is 2.36. The van der Waals surface area contributed by atoms with Gasteiger partial charge in [-0.05, 0) is 19.1 Å². The summed E-state index contributed by atoms with van der Waals surface area (Å²) in [7, 11) is 0. The second kappa shape index (κ2) is 5.24. The molecule has 122 valence electrons. The third-order valence-electron chi connectivity index (χ3n) is 4.27. The van der Waals surface area contributed by atoms with Gasteiger partial charge in [-0.25, -0.2) is 9.80 Å². The zero-order valence-electron chi connectivity index (χ0n) is 13.2. The van der Waals surface area contributed by atoms with Crippen molar-refractivity contribution in [3.63, 3.8) is 0 Å². The van der Waals surface area contributed by atoms with Crippen LogP contribution in [-0.4, -0.2) is 23.6 Å². The van der Waals surface area contributed by atoms with Gasteiger partial charge in [-0.15, -0.1) is 0 Å². The van der Waals surface area contributed by atoms with Crippen molar-refractivity contribution >= 4 is 45.8 Å². The van der Waals surface area contributed by atoms with E-state index in [0.717, 1.165) is 9.80 Å². The second-order valence-corrected chi connectivity index (χ2v) is 5.80. The molecule has 2 aromatic carbocycles. The van der Waals surface area contributed by atoms with Crippen molar-refractivity contribution in [1.82, 2.24) is 0 Å². The van der Waals surface area contributed by atoms with E-state index in [1.165, 1.54) is 18.2 Å². The van der Waals surface area contributed by atoms with E-state index in [2.05, 4.69) is 0 Å². The summed E-state index contributed by atoms with van der Waals surface area (Å²) < 4.78 is 0. The lowest BCUT2D eigenvalue weighted by Crippen LogP contribution is -2.31. The Bertz CT molecular complexity index is 1030. The SMILES string of the molecule is CC1=CC(=O)N(c2cccc3c(N4C(=O)C=CC4=O)cccc23)C1=O. The fourth-order valence-electron chi connectivity index (χ4n) is 3.12. The highest BCUT2D eigenvalue weighted by molar-refractivity contribution is 6.34. The molecule has 2 aliphatic heterocycles. The average molecular weight is 332 g/mol. The number of benzene rings is 2. The molecule has 25 heavy (non-hydrogen) atoms. The number of amides is 4. The van der Waals surface area contributed by atoms with Gasteiger partial charge in [-0.1, -0.05) is 24.3 Å². The maximum Gasteiger partial charge on any atom is 0.261 e. The van der Waals surface area contributed by atoms with Crippen LogP contribution in [0.5, 0.6) is 0 Å². The minimum absolute atomic E-state index is 0.368. The van der Waals surface area contributed by atoms with E-state index in [9.17, 15) is 19.2 Å². The molecule has 0 atom stereocenters. The molecule has 0 aromatic heterocycles. The molecule has 0 fully saturated rings. The molecule has 0 unspecified atom stereocenters. The van der Waals surface area contributed by atoms with E-state index in [1.54, 1.807) is 43.3 Å². The normalized spacial score (nSPS) is 17.2. The van der Waals surface area contributed by atoms with Crippen LogP contribution in [0.15, 0.2) is 60.2 Å². The summed E-state index contributed by atoms with van der Waals surface area (Å²) in [4.78, 5) is 50.7. The van der Waals surface area contributed by atoms with Gasteiger partial charge in [0.05, 0.1) is 11.4 Å². The number of fused-ring (bicyclic) bond motifs is 1. The topological polar surface area (TPSA) is 74.8 Å². The van der Waals surface area contributed by atoms with Crippen LogP contribution in [0.2, 0.25) is 0 Å². The molecule has 0 radical (unpaired) electrons. The van der Waals surface area contributed by atoms with Crippen molar-refractivity contribution in [2.24, 2.45) is 0 Å². The molecular weight excluding hydrogens is 320 g/mol. The van der Waals surface area contributed by atoms with Crippen molar-refractivity contribution in [1.29, 1.82) is 0 Å². The van der Waals surface area contributed by atoms with Gasteiger partial charge >= 0.3 is 0 Å². The molecule has 0 spiro atoms. The number of rotatable bonds is 2. The lowest BCUT2D eigenvalue weighted by molar-refractivity contribution is -0.121. The van der Waals surface area contributed by atoms with Gasteiger partial charge in [0.15, 0.2) is 0 Å². The lowest BCUT2D eigenvalue weighted by Gasteiger charge is -2.20. The van der Waals surface area contributed by atoms with Crippen LogP contribution >= 0.6 is 0 Å². The van der Waals surface area contributed by atoms with Crippen molar-refractivity contribution in [3.05, 3.63) is 60.2 Å². The number of anilines is 2. The second-order valence-electron chi connectivity index (χ2n) is 5.80. The predicted molar refractivity (Wildman–Crippen MR) is 91.8 cm³/mol. The number of carbonyl (C=O) groups is 4. The van der Waals surface area contributed by atoms with E-state index in [0.29, 0.717) is 27.7 Å². The molecule has 2 heterocycles. The third kappa shape index (κ3) is 2.11. The van der Waals surface area contributed by atoms with E-state index in [4.69, 9.17) is 0 Å². The molecule has 4 rings (SSSR count). The molecule has 0 bridgehead atoms. The molecule has 2 aliphatic rings. The lowest BCUT2D eigenvalue weighted by atomic mass is 10.1. The first-order chi connectivity index (χ1) is 12.0. The van der Waals surface area contributed by atoms with Crippen molar-refractivity contribution in [2.75, 3.05) is 9.80 Å². The Balaban J connectivity index is 1.92. The van der Waals surface area contributed by atoms with E-state index >= 15 is 0 Å². The summed E-state index contributed by atoms with van der Waals surface area (Å²) in [5.74, 6) is -1.63. The highest BCUT2D eigenvalue weighted by Gasteiger charge is 2.32. The Morgan fingerprint density at radius 3 is 1.68 bits per heavy atom. The van der Waals surface area contributed by atoms with Crippen molar-refractivity contribution in [3.8, 4) is 0 Å². The summed E-state index contributed by atoms with van der Waals surface area (Å²) in [6, 6.07) is 10.2. The highest BCUT2D eigenvalue weighted by atomic mass is 16.2. The Labute approximate surface area is 142 Å². The molecule has 0 saturated carbocycles. The number of carbonyl (C=O) groups excluding carboxylic acids is 4. The Kier molecular flexibility index (Phi) is 3.15. The van der Waals surface area contributed by atoms with Gasteiger partial charge < -0.3 is 0 Å². The quantitative estimate of drug-likeness (QED) is 0.789. The largest absolute Gasteiger partial charge is 0.269 e. The number of nitrogens with zero attached hydrogens (tertiary/aromatic N) is 2.